The number of aromatic amines is 1. The molecule has 1 fully saturated rings. The summed E-state index contributed by atoms with van der Waals surface area (Å²) in [4.78, 5) is 37.8. The van der Waals surface area contributed by atoms with Gasteiger partial charge in [0.15, 0.2) is 11.0 Å². The van der Waals surface area contributed by atoms with Crippen LogP contribution in [-0.4, -0.2) is 80.3 Å². The Bertz CT molecular complexity index is 2000. The molecule has 246 valence electrons. The van der Waals surface area contributed by atoms with Crippen LogP contribution in [0.4, 0.5) is 14.5 Å². The maximum atomic E-state index is 15.8. The van der Waals surface area contributed by atoms with Crippen molar-refractivity contribution in [1.29, 1.82) is 0 Å². The second-order valence-electron chi connectivity index (χ2n) is 11.6. The number of halogens is 2. The minimum Gasteiger partial charge on any atom is -0.379 e. The highest BCUT2D eigenvalue weighted by Gasteiger charge is 2.40. The minimum atomic E-state index is -4.32. The Morgan fingerprint density at radius 3 is 2.43 bits per heavy atom. The summed E-state index contributed by atoms with van der Waals surface area (Å²) in [6.07, 6.45) is 5.66. The standard InChI is InChI=1S/C34H35F2N5O5S/c1-5-12-40(20-24-18-28-30(17-22(24)2)37-31(21-39(3)4)38-34(28)43)26-10-11-27(29(36)19-26)32(42)33(23-6-8-25(35)9-7-23)47(44,45)41-13-15-46-16-14-41/h1,6-11,17-19,33H,12-16,20-21H2,2-4H3,(H,37,38,43). The molecule has 5 rings (SSSR count). The molecule has 1 aliphatic heterocycles. The van der Waals surface area contributed by atoms with Crippen molar-refractivity contribution < 1.29 is 26.7 Å². The lowest BCUT2D eigenvalue weighted by Crippen LogP contribution is -2.44. The third-order valence-corrected chi connectivity index (χ3v) is 10.1. The van der Waals surface area contributed by atoms with Crippen molar-refractivity contribution in [2.24, 2.45) is 0 Å². The number of aryl methyl sites for hydroxylation is 1. The number of H-pyrrole nitrogens is 1. The van der Waals surface area contributed by atoms with Crippen molar-refractivity contribution in [3.8, 4) is 12.3 Å². The zero-order chi connectivity index (χ0) is 33.9. The van der Waals surface area contributed by atoms with Gasteiger partial charge in [-0.25, -0.2) is 22.2 Å². The van der Waals surface area contributed by atoms with Gasteiger partial charge in [0, 0.05) is 25.3 Å². The number of nitrogens with one attached hydrogen (secondary N) is 1. The number of aromatic nitrogens is 2. The second-order valence-corrected chi connectivity index (χ2v) is 13.6. The molecule has 1 N–H and O–H groups in total. The number of hydrogen-bond acceptors (Lipinski definition) is 8. The van der Waals surface area contributed by atoms with Crippen LogP contribution in [0, 0.1) is 30.9 Å². The van der Waals surface area contributed by atoms with E-state index in [0.717, 1.165) is 33.6 Å². The summed E-state index contributed by atoms with van der Waals surface area (Å²) < 4.78 is 63.5. The van der Waals surface area contributed by atoms with Crippen molar-refractivity contribution in [2.75, 3.05) is 51.8 Å². The molecule has 4 aromatic rings. The molecular weight excluding hydrogens is 628 g/mol. The average Bonchev–Trinajstić information content (AvgIpc) is 3.02. The second kappa shape index (κ2) is 14.1. The Labute approximate surface area is 272 Å². The van der Waals surface area contributed by atoms with Crippen molar-refractivity contribution >= 4 is 32.4 Å². The maximum absolute atomic E-state index is 15.8. The highest BCUT2D eigenvalue weighted by Crippen LogP contribution is 2.33. The molecule has 2 heterocycles. The predicted octanol–water partition coefficient (Wildman–Crippen LogP) is 3.80. The highest BCUT2D eigenvalue weighted by molar-refractivity contribution is 7.90. The molecule has 1 unspecified atom stereocenters. The van der Waals surface area contributed by atoms with Gasteiger partial charge < -0.3 is 19.5 Å². The topological polar surface area (TPSA) is 116 Å². The van der Waals surface area contributed by atoms with Crippen LogP contribution in [0.15, 0.2) is 59.4 Å². The number of rotatable bonds is 11. The maximum Gasteiger partial charge on any atom is 0.258 e. The molecule has 1 aromatic heterocycles. The van der Waals surface area contributed by atoms with E-state index in [1.807, 2.05) is 32.0 Å². The monoisotopic (exact) mass is 663 g/mol. The Balaban J connectivity index is 1.47. The number of anilines is 1. The molecule has 0 bridgehead atoms. The predicted molar refractivity (Wildman–Crippen MR) is 176 cm³/mol. The zero-order valence-electron chi connectivity index (χ0n) is 26.3. The number of nitrogens with zero attached hydrogens (tertiary/aromatic N) is 4. The first kappa shape index (κ1) is 33.9. The first-order chi connectivity index (χ1) is 22.4. The van der Waals surface area contributed by atoms with Crippen LogP contribution in [-0.2, 0) is 27.8 Å². The summed E-state index contributed by atoms with van der Waals surface area (Å²) in [5, 5.41) is -1.40. The molecule has 1 saturated heterocycles. The summed E-state index contributed by atoms with van der Waals surface area (Å²) in [7, 11) is -0.571. The number of ketones is 1. The van der Waals surface area contributed by atoms with Crippen LogP contribution in [0.2, 0.25) is 0 Å². The van der Waals surface area contributed by atoms with Crippen LogP contribution >= 0.6 is 0 Å². The number of morpholine rings is 1. The van der Waals surface area contributed by atoms with Gasteiger partial charge in [-0.2, -0.15) is 4.31 Å². The van der Waals surface area contributed by atoms with E-state index in [4.69, 9.17) is 11.2 Å². The average molecular weight is 664 g/mol. The highest BCUT2D eigenvalue weighted by atomic mass is 32.2. The minimum absolute atomic E-state index is 0.0189. The molecule has 0 amide bonds. The van der Waals surface area contributed by atoms with Crippen LogP contribution in [0.3, 0.4) is 0 Å². The van der Waals surface area contributed by atoms with E-state index in [-0.39, 0.29) is 50.5 Å². The van der Waals surface area contributed by atoms with Gasteiger partial charge in [0.1, 0.15) is 17.5 Å². The molecule has 13 heteroatoms. The van der Waals surface area contributed by atoms with Gasteiger partial charge in [0.2, 0.25) is 10.0 Å². The fourth-order valence-electron chi connectivity index (χ4n) is 5.57. The first-order valence-corrected chi connectivity index (χ1v) is 16.4. The third-order valence-electron chi connectivity index (χ3n) is 7.94. The number of terminal acetylenes is 1. The summed E-state index contributed by atoms with van der Waals surface area (Å²) in [6.45, 7) is 2.99. The van der Waals surface area contributed by atoms with Crippen LogP contribution in [0.5, 0.6) is 0 Å². The fraction of sp³-hybridized carbons (Fsp3) is 0.324. The molecule has 1 atom stereocenters. The number of hydrogen-bond donors (Lipinski definition) is 1. The molecule has 10 nitrogen and oxygen atoms in total. The number of fused-ring (bicyclic) bond motifs is 1. The quantitative estimate of drug-likeness (QED) is 0.191. The van der Waals surface area contributed by atoms with E-state index in [2.05, 4.69) is 15.9 Å². The Hall–Kier alpha value is -4.48. The molecular formula is C34H35F2N5O5S. The van der Waals surface area contributed by atoms with Crippen molar-refractivity contribution in [3.05, 3.63) is 105 Å². The van der Waals surface area contributed by atoms with Crippen molar-refractivity contribution in [3.63, 3.8) is 0 Å². The van der Waals surface area contributed by atoms with E-state index >= 15 is 4.39 Å². The lowest BCUT2D eigenvalue weighted by atomic mass is 10.0. The van der Waals surface area contributed by atoms with Gasteiger partial charge in [-0.05, 0) is 80.2 Å². The first-order valence-electron chi connectivity index (χ1n) is 14.9. The lowest BCUT2D eigenvalue weighted by molar-refractivity contribution is 0.0720. The van der Waals surface area contributed by atoms with E-state index in [9.17, 15) is 22.4 Å². The SMILES string of the molecule is C#CCN(Cc1cc2c(=O)[nH]c(CN(C)C)nc2cc1C)c1ccc(C(=O)C(c2ccc(F)cc2)S(=O)(=O)N2CCOCC2)c(F)c1. The summed E-state index contributed by atoms with van der Waals surface area (Å²) in [5.74, 6) is 0.570. The van der Waals surface area contributed by atoms with Gasteiger partial charge in [-0.15, -0.1) is 6.42 Å². The van der Waals surface area contributed by atoms with E-state index in [1.54, 1.807) is 11.0 Å². The molecule has 0 saturated carbocycles. The number of carbonyl (C=O) groups is 1. The van der Waals surface area contributed by atoms with Gasteiger partial charge in [0.05, 0.1) is 42.8 Å². The zero-order valence-corrected chi connectivity index (χ0v) is 27.1. The number of Topliss-reactive ketones (excluding diaryl/α,β-unsaturated/α-hetero) is 1. The summed E-state index contributed by atoms with van der Waals surface area (Å²) >= 11 is 0. The van der Waals surface area contributed by atoms with E-state index in [1.165, 1.54) is 24.3 Å². The Morgan fingerprint density at radius 1 is 1.09 bits per heavy atom. The fourth-order valence-corrected chi connectivity index (χ4v) is 7.43. The molecule has 1 aliphatic rings. The van der Waals surface area contributed by atoms with E-state index < -0.39 is 38.3 Å². The molecule has 0 aliphatic carbocycles. The largest absolute Gasteiger partial charge is 0.379 e. The van der Waals surface area contributed by atoms with Crippen LogP contribution < -0.4 is 10.5 Å². The molecule has 47 heavy (non-hydrogen) atoms. The summed E-state index contributed by atoms with van der Waals surface area (Å²) in [6, 6.07) is 12.0. The third kappa shape index (κ3) is 7.41. The number of ether oxygens (including phenoxy) is 1. The molecule has 0 radical (unpaired) electrons. The van der Waals surface area contributed by atoms with Gasteiger partial charge in [-0.1, -0.05) is 18.1 Å². The van der Waals surface area contributed by atoms with Gasteiger partial charge in [-0.3, -0.25) is 9.59 Å². The number of sulfonamides is 1. The normalized spacial score (nSPS) is 14.7. The van der Waals surface area contributed by atoms with Gasteiger partial charge >= 0.3 is 0 Å². The number of benzene rings is 3. The van der Waals surface area contributed by atoms with Crippen molar-refractivity contribution in [2.45, 2.75) is 25.3 Å². The molecule has 3 aromatic carbocycles. The Kier molecular flexibility index (Phi) is 10.2. The van der Waals surface area contributed by atoms with Crippen molar-refractivity contribution in [1.82, 2.24) is 19.2 Å². The number of carbonyl (C=O) groups excluding carboxylic acids is 1. The van der Waals surface area contributed by atoms with E-state index in [0.29, 0.717) is 29.0 Å². The Morgan fingerprint density at radius 2 is 1.79 bits per heavy atom. The van der Waals surface area contributed by atoms with Crippen LogP contribution in [0.25, 0.3) is 10.9 Å². The molecule has 0 spiro atoms. The van der Waals surface area contributed by atoms with Crippen LogP contribution in [0.1, 0.15) is 38.1 Å². The summed E-state index contributed by atoms with van der Waals surface area (Å²) in [5.41, 5.74) is 1.79. The smallest absolute Gasteiger partial charge is 0.258 e. The van der Waals surface area contributed by atoms with Gasteiger partial charge in [0.25, 0.3) is 5.56 Å². The lowest BCUT2D eigenvalue weighted by Gasteiger charge is -2.30.